The van der Waals surface area contributed by atoms with E-state index in [9.17, 15) is 36.6 Å². The summed E-state index contributed by atoms with van der Waals surface area (Å²) in [5.74, 6) is -1.56. The standard InChI is InChI=1S/C28H24ClF5N4O3/c29-17-12-19(23(24(30)31)36-13-17)25(39)37-18-7-5-15(6-8-18)14-38-21-4-2-1-3-20(21)27(41,26(38)40)22-11-16(9-10-35-22)28(32,33)34/h1-4,9-13,15,18,24,41H,5-8,14H2,(H,37,39)/t15-,18-,27?. The van der Waals surface area contributed by atoms with Crippen molar-refractivity contribution < 1.29 is 36.6 Å². The summed E-state index contributed by atoms with van der Waals surface area (Å²) in [4.78, 5) is 35.2. The van der Waals surface area contributed by atoms with Gasteiger partial charge in [-0.25, -0.2) is 8.78 Å². The molecule has 1 aromatic carbocycles. The summed E-state index contributed by atoms with van der Waals surface area (Å²) < 4.78 is 66.7. The molecule has 1 aliphatic carbocycles. The van der Waals surface area contributed by atoms with E-state index in [1.807, 2.05) is 0 Å². The van der Waals surface area contributed by atoms with E-state index >= 15 is 0 Å². The number of fused-ring (bicyclic) bond motifs is 1. The second-order valence-corrected chi connectivity index (χ2v) is 10.6. The van der Waals surface area contributed by atoms with Crippen molar-refractivity contribution in [2.75, 3.05) is 11.4 Å². The maximum Gasteiger partial charge on any atom is 0.416 e. The van der Waals surface area contributed by atoms with E-state index in [2.05, 4.69) is 15.3 Å². The Labute approximate surface area is 236 Å². The Morgan fingerprint density at radius 1 is 1.12 bits per heavy atom. The topological polar surface area (TPSA) is 95.4 Å². The molecule has 3 aromatic rings. The summed E-state index contributed by atoms with van der Waals surface area (Å²) in [7, 11) is 0. The lowest BCUT2D eigenvalue weighted by Gasteiger charge is -2.32. The van der Waals surface area contributed by atoms with E-state index < -0.39 is 47.0 Å². The molecule has 0 spiro atoms. The average Bonchev–Trinajstić information content (AvgIpc) is 3.16. The van der Waals surface area contributed by atoms with Gasteiger partial charge in [0.05, 0.1) is 27.5 Å². The first-order valence-corrected chi connectivity index (χ1v) is 13.2. The van der Waals surface area contributed by atoms with E-state index in [0.717, 1.165) is 24.5 Å². The Morgan fingerprint density at radius 3 is 2.51 bits per heavy atom. The molecule has 7 nitrogen and oxygen atoms in total. The molecule has 0 saturated heterocycles. The quantitative estimate of drug-likeness (QED) is 0.359. The second-order valence-electron chi connectivity index (χ2n) is 10.1. The van der Waals surface area contributed by atoms with Crippen molar-refractivity contribution >= 4 is 29.1 Å². The molecule has 0 bridgehead atoms. The highest BCUT2D eigenvalue weighted by molar-refractivity contribution is 6.30. The fourth-order valence-corrected chi connectivity index (χ4v) is 5.64. The Morgan fingerprint density at radius 2 is 1.83 bits per heavy atom. The van der Waals surface area contributed by atoms with Gasteiger partial charge in [0.25, 0.3) is 18.2 Å². The molecule has 2 N–H and O–H groups in total. The SMILES string of the molecule is O=C(N[C@H]1CC[C@H](CN2C(=O)C(O)(c3cc(C(F)(F)F)ccn3)c3ccccc32)CC1)c1cc(Cl)cnc1C(F)F. The van der Waals surface area contributed by atoms with Crippen LogP contribution in [0.15, 0.2) is 54.9 Å². The third-order valence-electron chi connectivity index (χ3n) is 7.56. The van der Waals surface area contributed by atoms with E-state index in [1.54, 1.807) is 18.2 Å². The van der Waals surface area contributed by atoms with Gasteiger partial charge in [0.2, 0.25) is 5.60 Å². The highest BCUT2D eigenvalue weighted by Gasteiger charge is 2.53. The predicted octanol–water partition coefficient (Wildman–Crippen LogP) is 5.66. The van der Waals surface area contributed by atoms with Crippen molar-refractivity contribution in [3.05, 3.63) is 88.0 Å². The number of aromatic nitrogens is 2. The predicted molar refractivity (Wildman–Crippen MR) is 138 cm³/mol. The lowest BCUT2D eigenvalue weighted by Crippen LogP contribution is -2.45. The number of rotatable bonds is 6. The maximum atomic E-state index is 13.6. The number of carbonyl (C=O) groups excluding carboxylic acids is 2. The van der Waals surface area contributed by atoms with E-state index in [4.69, 9.17) is 11.6 Å². The molecule has 0 radical (unpaired) electrons. The van der Waals surface area contributed by atoms with Crippen LogP contribution in [0.3, 0.4) is 0 Å². The third kappa shape index (κ3) is 5.50. The van der Waals surface area contributed by atoms with Gasteiger partial charge in [0.1, 0.15) is 5.69 Å². The van der Waals surface area contributed by atoms with Gasteiger partial charge >= 0.3 is 6.18 Å². The molecule has 2 aliphatic rings. The molecule has 13 heteroatoms. The Balaban J connectivity index is 1.29. The van der Waals surface area contributed by atoms with Gasteiger partial charge in [0, 0.05) is 30.5 Å². The Hall–Kier alpha value is -3.64. The summed E-state index contributed by atoms with van der Waals surface area (Å²) in [5.41, 5.74) is -4.28. The van der Waals surface area contributed by atoms with E-state index in [1.165, 1.54) is 11.0 Å². The Bertz CT molecular complexity index is 1480. The number of para-hydroxylation sites is 1. The summed E-state index contributed by atoms with van der Waals surface area (Å²) in [5, 5.41) is 14.4. The first-order chi connectivity index (χ1) is 19.4. The summed E-state index contributed by atoms with van der Waals surface area (Å²) in [6.07, 6.45) is -3.56. The van der Waals surface area contributed by atoms with E-state index in [0.29, 0.717) is 37.4 Å². The molecular weight excluding hydrogens is 571 g/mol. The number of hydrogen-bond donors (Lipinski definition) is 2. The number of amides is 2. The van der Waals surface area contributed by atoms with Crippen LogP contribution in [0, 0.1) is 5.92 Å². The minimum Gasteiger partial charge on any atom is -0.370 e. The van der Waals surface area contributed by atoms with Gasteiger partial charge in [-0.3, -0.25) is 19.6 Å². The summed E-state index contributed by atoms with van der Waals surface area (Å²) in [6, 6.07) is 8.63. The summed E-state index contributed by atoms with van der Waals surface area (Å²) in [6.45, 7) is 0.186. The smallest absolute Gasteiger partial charge is 0.370 e. The van der Waals surface area contributed by atoms with Crippen molar-refractivity contribution in [3.8, 4) is 0 Å². The number of alkyl halides is 5. The maximum absolute atomic E-state index is 13.6. The monoisotopic (exact) mass is 594 g/mol. The molecule has 1 fully saturated rings. The molecule has 1 saturated carbocycles. The molecule has 1 atom stereocenters. The molecule has 3 heterocycles. The minimum absolute atomic E-state index is 0.0542. The number of halogens is 6. The van der Waals surface area contributed by atoms with Crippen molar-refractivity contribution in [1.29, 1.82) is 0 Å². The van der Waals surface area contributed by atoms with Gasteiger partial charge in [-0.15, -0.1) is 0 Å². The fraction of sp³-hybridized carbons (Fsp3) is 0.357. The van der Waals surface area contributed by atoms with Crippen LogP contribution in [-0.4, -0.2) is 39.5 Å². The number of anilines is 1. The second kappa shape index (κ2) is 11.0. The van der Waals surface area contributed by atoms with Crippen molar-refractivity contribution in [2.45, 2.75) is 49.9 Å². The fourth-order valence-electron chi connectivity index (χ4n) is 5.48. The Kier molecular flexibility index (Phi) is 7.73. The molecule has 41 heavy (non-hydrogen) atoms. The number of carbonyl (C=O) groups is 2. The molecule has 2 aromatic heterocycles. The lowest BCUT2D eigenvalue weighted by atomic mass is 9.85. The number of benzene rings is 1. The molecule has 1 aliphatic heterocycles. The van der Waals surface area contributed by atoms with Crippen LogP contribution in [0.25, 0.3) is 0 Å². The van der Waals surface area contributed by atoms with Gasteiger partial charge in [-0.2, -0.15) is 13.2 Å². The van der Waals surface area contributed by atoms with Gasteiger partial charge in [-0.1, -0.05) is 29.8 Å². The third-order valence-corrected chi connectivity index (χ3v) is 7.76. The van der Waals surface area contributed by atoms with Gasteiger partial charge in [-0.05, 0) is 55.9 Å². The molecule has 2 amide bonds. The van der Waals surface area contributed by atoms with Crippen LogP contribution in [0.2, 0.25) is 5.02 Å². The largest absolute Gasteiger partial charge is 0.416 e. The highest BCUT2D eigenvalue weighted by Crippen LogP contribution is 2.45. The number of aliphatic hydroxyl groups is 1. The zero-order valence-corrected chi connectivity index (χ0v) is 22.1. The van der Waals surface area contributed by atoms with Crippen LogP contribution in [-0.2, 0) is 16.6 Å². The first kappa shape index (κ1) is 28.9. The van der Waals surface area contributed by atoms with Gasteiger partial charge < -0.3 is 15.3 Å². The molecular formula is C28H24ClF5N4O3. The zero-order chi connectivity index (χ0) is 29.5. The van der Waals surface area contributed by atoms with Crippen LogP contribution in [0.4, 0.5) is 27.6 Å². The molecule has 5 rings (SSSR count). The normalized spacial score (nSPS) is 22.6. The number of pyridine rings is 2. The van der Waals surface area contributed by atoms with E-state index in [-0.39, 0.29) is 34.7 Å². The number of nitrogens with zero attached hydrogens (tertiary/aromatic N) is 3. The number of hydrogen-bond acceptors (Lipinski definition) is 5. The zero-order valence-electron chi connectivity index (χ0n) is 21.3. The average molecular weight is 595 g/mol. The van der Waals surface area contributed by atoms with Crippen molar-refractivity contribution in [2.24, 2.45) is 5.92 Å². The minimum atomic E-state index is -4.69. The molecule has 1 unspecified atom stereocenters. The van der Waals surface area contributed by atoms with Crippen molar-refractivity contribution in [1.82, 2.24) is 15.3 Å². The number of nitrogens with one attached hydrogen (secondary N) is 1. The van der Waals surface area contributed by atoms with Crippen LogP contribution < -0.4 is 10.2 Å². The van der Waals surface area contributed by atoms with Crippen LogP contribution >= 0.6 is 11.6 Å². The first-order valence-electron chi connectivity index (χ1n) is 12.8. The van der Waals surface area contributed by atoms with Crippen molar-refractivity contribution in [3.63, 3.8) is 0 Å². The highest BCUT2D eigenvalue weighted by atomic mass is 35.5. The molecule has 216 valence electrons. The lowest BCUT2D eigenvalue weighted by molar-refractivity contribution is -0.138. The van der Waals surface area contributed by atoms with Crippen LogP contribution in [0.1, 0.15) is 65.0 Å². The summed E-state index contributed by atoms with van der Waals surface area (Å²) >= 11 is 5.85. The van der Waals surface area contributed by atoms with Crippen LogP contribution in [0.5, 0.6) is 0 Å². The van der Waals surface area contributed by atoms with Gasteiger partial charge in [0.15, 0.2) is 0 Å².